The monoisotopic (exact) mass is 433 g/mol. The Morgan fingerprint density at radius 2 is 1.59 bits per heavy atom. The van der Waals surface area contributed by atoms with Gasteiger partial charge in [-0.2, -0.15) is 5.10 Å². The van der Waals surface area contributed by atoms with Gasteiger partial charge in [0, 0.05) is 47.8 Å². The van der Waals surface area contributed by atoms with Crippen molar-refractivity contribution in [1.29, 1.82) is 0 Å². The molecule has 8 heteroatoms. The minimum Gasteiger partial charge on any atom is -0.305 e. The van der Waals surface area contributed by atoms with Gasteiger partial charge in [-0.3, -0.25) is 4.79 Å². The molecule has 0 bridgehead atoms. The lowest BCUT2D eigenvalue weighted by molar-refractivity contribution is 0.401. The molecule has 6 nitrogen and oxygen atoms in total. The number of aromatic nitrogens is 4. The maximum atomic E-state index is 13.6. The summed E-state index contributed by atoms with van der Waals surface area (Å²) in [7, 11) is 3.96. The molecule has 162 valence electrons. The van der Waals surface area contributed by atoms with Gasteiger partial charge in [0.15, 0.2) is 5.82 Å². The van der Waals surface area contributed by atoms with Crippen LogP contribution in [0.15, 0.2) is 71.8 Å². The number of hydrogen-bond donors (Lipinski definition) is 0. The number of hydrogen-bond acceptors (Lipinski definition) is 5. The molecule has 0 aliphatic rings. The SMILES string of the molecule is CN(C)Cc1cnc(-c2cccc(Cn3nc(-c4cc(F)cc(F)c4)ccc3=O)c2)nc1. The summed E-state index contributed by atoms with van der Waals surface area (Å²) in [6.45, 7) is 0.942. The van der Waals surface area contributed by atoms with E-state index >= 15 is 0 Å². The van der Waals surface area contributed by atoms with Crippen LogP contribution in [-0.4, -0.2) is 38.7 Å². The van der Waals surface area contributed by atoms with Crippen LogP contribution in [0.1, 0.15) is 11.1 Å². The molecule has 0 radical (unpaired) electrons. The van der Waals surface area contributed by atoms with Gasteiger partial charge in [-0.15, -0.1) is 0 Å². The second-order valence-electron chi connectivity index (χ2n) is 7.73. The third-order valence-electron chi connectivity index (χ3n) is 4.75. The molecule has 2 aromatic heterocycles. The molecular formula is C24H21F2N5O. The van der Waals surface area contributed by atoms with Crippen LogP contribution >= 0.6 is 0 Å². The summed E-state index contributed by atoms with van der Waals surface area (Å²) in [6, 6.07) is 13.5. The molecule has 0 aliphatic heterocycles. The van der Waals surface area contributed by atoms with Crippen molar-refractivity contribution in [1.82, 2.24) is 24.6 Å². The smallest absolute Gasteiger partial charge is 0.267 e. The standard InChI is InChI=1S/C24H21F2N5O/c1-30(2)14-17-12-27-24(28-13-17)18-5-3-4-16(8-18)15-31-23(32)7-6-22(29-31)19-9-20(25)11-21(26)10-19/h3-13H,14-15H2,1-2H3. The largest absolute Gasteiger partial charge is 0.305 e. The van der Waals surface area contributed by atoms with Crippen molar-refractivity contribution >= 4 is 0 Å². The van der Waals surface area contributed by atoms with Gasteiger partial charge in [0.1, 0.15) is 11.6 Å². The predicted molar refractivity (Wildman–Crippen MR) is 118 cm³/mol. The Hall–Kier alpha value is -3.78. The highest BCUT2D eigenvalue weighted by Crippen LogP contribution is 2.20. The van der Waals surface area contributed by atoms with Gasteiger partial charge in [-0.05, 0) is 43.9 Å². The van der Waals surface area contributed by atoms with Gasteiger partial charge < -0.3 is 4.90 Å². The molecule has 0 atom stereocenters. The first-order valence-corrected chi connectivity index (χ1v) is 9.97. The molecule has 2 aromatic carbocycles. The minimum absolute atomic E-state index is 0.191. The van der Waals surface area contributed by atoms with Crippen LogP contribution in [0, 0.1) is 11.6 Å². The highest BCUT2D eigenvalue weighted by atomic mass is 19.1. The summed E-state index contributed by atoms with van der Waals surface area (Å²) in [5, 5.41) is 4.30. The van der Waals surface area contributed by atoms with Crippen LogP contribution in [0.2, 0.25) is 0 Å². The highest BCUT2D eigenvalue weighted by molar-refractivity contribution is 5.58. The van der Waals surface area contributed by atoms with Crippen LogP contribution in [0.5, 0.6) is 0 Å². The Balaban J connectivity index is 1.60. The van der Waals surface area contributed by atoms with Gasteiger partial charge in [0.25, 0.3) is 5.56 Å². The quantitative estimate of drug-likeness (QED) is 0.463. The summed E-state index contributed by atoms with van der Waals surface area (Å²) in [4.78, 5) is 23.3. The number of nitrogens with zero attached hydrogens (tertiary/aromatic N) is 5. The number of rotatable bonds is 6. The molecule has 2 heterocycles. The average Bonchev–Trinajstić information content (AvgIpc) is 2.75. The van der Waals surface area contributed by atoms with Gasteiger partial charge in [0.2, 0.25) is 0 Å². The fraction of sp³-hybridized carbons (Fsp3) is 0.167. The van der Waals surface area contributed by atoms with Gasteiger partial charge in [0.05, 0.1) is 12.2 Å². The van der Waals surface area contributed by atoms with Crippen molar-refractivity contribution in [2.75, 3.05) is 14.1 Å². The lowest BCUT2D eigenvalue weighted by Gasteiger charge is -2.10. The molecule has 0 N–H and O–H groups in total. The first-order valence-electron chi connectivity index (χ1n) is 9.97. The maximum absolute atomic E-state index is 13.6. The van der Waals surface area contributed by atoms with E-state index in [0.29, 0.717) is 11.5 Å². The molecular weight excluding hydrogens is 412 g/mol. The van der Waals surface area contributed by atoms with Crippen LogP contribution in [-0.2, 0) is 13.1 Å². The Morgan fingerprint density at radius 1 is 0.875 bits per heavy atom. The van der Waals surface area contributed by atoms with Gasteiger partial charge in [-0.25, -0.2) is 23.4 Å². The molecule has 0 unspecified atom stereocenters. The van der Waals surface area contributed by atoms with Crippen LogP contribution in [0.3, 0.4) is 0 Å². The van der Waals surface area contributed by atoms with Crippen LogP contribution in [0.4, 0.5) is 8.78 Å². The molecule has 0 fully saturated rings. The van der Waals surface area contributed by atoms with E-state index < -0.39 is 11.6 Å². The second kappa shape index (κ2) is 9.15. The zero-order chi connectivity index (χ0) is 22.7. The van der Waals surface area contributed by atoms with E-state index in [1.54, 1.807) is 12.4 Å². The van der Waals surface area contributed by atoms with E-state index in [1.807, 2.05) is 43.3 Å². The fourth-order valence-corrected chi connectivity index (χ4v) is 3.35. The molecule has 0 spiro atoms. The third-order valence-corrected chi connectivity index (χ3v) is 4.75. The average molecular weight is 433 g/mol. The van der Waals surface area contributed by atoms with Crippen LogP contribution < -0.4 is 5.56 Å². The van der Waals surface area contributed by atoms with Crippen LogP contribution in [0.25, 0.3) is 22.6 Å². The molecule has 4 aromatic rings. The summed E-state index contributed by atoms with van der Waals surface area (Å²) in [5.41, 5.74) is 2.89. The number of benzene rings is 2. The van der Waals surface area contributed by atoms with E-state index in [4.69, 9.17) is 0 Å². The first kappa shape index (κ1) is 21.5. The van der Waals surface area contributed by atoms with Gasteiger partial charge >= 0.3 is 0 Å². The molecule has 0 amide bonds. The topological polar surface area (TPSA) is 63.9 Å². The summed E-state index contributed by atoms with van der Waals surface area (Å²) >= 11 is 0. The van der Waals surface area contributed by atoms with Crippen molar-refractivity contribution in [2.45, 2.75) is 13.1 Å². The summed E-state index contributed by atoms with van der Waals surface area (Å²) in [6.07, 6.45) is 3.59. The number of halogens is 2. The Morgan fingerprint density at radius 3 is 2.28 bits per heavy atom. The molecule has 0 aliphatic carbocycles. The van der Waals surface area contributed by atoms with Crippen molar-refractivity contribution < 1.29 is 8.78 Å². The van der Waals surface area contributed by atoms with E-state index in [9.17, 15) is 13.6 Å². The lowest BCUT2D eigenvalue weighted by Crippen LogP contribution is -2.22. The summed E-state index contributed by atoms with van der Waals surface area (Å²) in [5.74, 6) is -0.827. The van der Waals surface area contributed by atoms with Gasteiger partial charge in [-0.1, -0.05) is 18.2 Å². The lowest BCUT2D eigenvalue weighted by atomic mass is 10.1. The fourth-order valence-electron chi connectivity index (χ4n) is 3.35. The molecule has 0 saturated heterocycles. The minimum atomic E-state index is -0.705. The summed E-state index contributed by atoms with van der Waals surface area (Å²) < 4.78 is 28.4. The predicted octanol–water partition coefficient (Wildman–Crippen LogP) is 3.76. The highest BCUT2D eigenvalue weighted by Gasteiger charge is 2.09. The first-order chi connectivity index (χ1) is 15.4. The van der Waals surface area contributed by atoms with E-state index in [2.05, 4.69) is 15.1 Å². The Bertz CT molecular complexity index is 1280. The third kappa shape index (κ3) is 5.09. The van der Waals surface area contributed by atoms with Crippen molar-refractivity contribution in [3.8, 4) is 22.6 Å². The van der Waals surface area contributed by atoms with E-state index in [0.717, 1.165) is 29.3 Å². The van der Waals surface area contributed by atoms with Crippen molar-refractivity contribution in [3.05, 3.63) is 100 Å². The molecule has 0 saturated carbocycles. The normalized spacial score (nSPS) is 11.2. The zero-order valence-corrected chi connectivity index (χ0v) is 17.7. The molecule has 32 heavy (non-hydrogen) atoms. The van der Waals surface area contributed by atoms with E-state index in [1.165, 1.54) is 28.9 Å². The Labute approximate surface area is 183 Å². The van der Waals surface area contributed by atoms with E-state index in [-0.39, 0.29) is 17.7 Å². The second-order valence-corrected chi connectivity index (χ2v) is 7.73. The molecule has 4 rings (SSSR count). The maximum Gasteiger partial charge on any atom is 0.267 e. The zero-order valence-electron chi connectivity index (χ0n) is 17.7. The van der Waals surface area contributed by atoms with Crippen molar-refractivity contribution in [2.24, 2.45) is 0 Å². The van der Waals surface area contributed by atoms with Crippen molar-refractivity contribution in [3.63, 3.8) is 0 Å². The Kier molecular flexibility index (Phi) is 6.13.